The van der Waals surface area contributed by atoms with Crippen molar-refractivity contribution in [3.63, 3.8) is 0 Å². The summed E-state index contributed by atoms with van der Waals surface area (Å²) in [5, 5.41) is 7.07. The van der Waals surface area contributed by atoms with Crippen LogP contribution >= 0.6 is 35.7 Å². The molecule has 1 atom stereocenters. The van der Waals surface area contributed by atoms with E-state index < -0.39 is 0 Å². The van der Waals surface area contributed by atoms with Crippen molar-refractivity contribution >= 4 is 41.7 Å². The summed E-state index contributed by atoms with van der Waals surface area (Å²) in [6.07, 6.45) is 6.85. The third-order valence-corrected chi connectivity index (χ3v) is 6.83. The molecule has 2 N–H and O–H groups in total. The van der Waals surface area contributed by atoms with Gasteiger partial charge in [-0.25, -0.2) is 0 Å². The third-order valence-electron chi connectivity index (χ3n) is 5.41. The van der Waals surface area contributed by atoms with Gasteiger partial charge in [0, 0.05) is 44.0 Å². The molecule has 0 spiro atoms. The van der Waals surface area contributed by atoms with Gasteiger partial charge in [0.1, 0.15) is 0 Å². The zero-order chi connectivity index (χ0) is 16.8. The first-order chi connectivity index (χ1) is 11.8. The lowest BCUT2D eigenvalue weighted by atomic mass is 9.99. The van der Waals surface area contributed by atoms with Crippen LogP contribution in [-0.4, -0.2) is 50.3 Å². The number of aryl methyl sites for hydroxylation is 1. The first-order valence-electron chi connectivity index (χ1n) is 8.91. The molecule has 1 aromatic carbocycles. The van der Waals surface area contributed by atoms with E-state index in [2.05, 4.69) is 46.1 Å². The molecule has 140 valence electrons. The van der Waals surface area contributed by atoms with Gasteiger partial charge >= 0.3 is 0 Å². The highest BCUT2D eigenvalue weighted by atomic mass is 127. The Labute approximate surface area is 173 Å². The van der Waals surface area contributed by atoms with Gasteiger partial charge in [-0.3, -0.25) is 4.99 Å². The Hall–Kier alpha value is -0.470. The zero-order valence-corrected chi connectivity index (χ0v) is 18.4. The lowest BCUT2D eigenvalue weighted by Crippen LogP contribution is -2.48. The van der Waals surface area contributed by atoms with Crippen LogP contribution < -0.4 is 10.6 Å². The molecule has 1 fully saturated rings. The Morgan fingerprint density at radius 1 is 1.28 bits per heavy atom. The molecule has 1 aliphatic heterocycles. The number of thioether (sulfide) groups is 1. The molecule has 4 nitrogen and oxygen atoms in total. The molecule has 6 heteroatoms. The van der Waals surface area contributed by atoms with Crippen LogP contribution in [0.1, 0.15) is 36.3 Å². The van der Waals surface area contributed by atoms with E-state index in [0.29, 0.717) is 5.92 Å². The zero-order valence-electron chi connectivity index (χ0n) is 15.2. The maximum Gasteiger partial charge on any atom is 0.191 e. The average Bonchev–Trinajstić information content (AvgIpc) is 3.06. The Morgan fingerprint density at radius 2 is 2.04 bits per heavy atom. The number of hydrogen-bond donors (Lipinski definition) is 2. The number of nitrogens with zero attached hydrogens (tertiary/aromatic N) is 1. The van der Waals surface area contributed by atoms with E-state index >= 15 is 0 Å². The lowest BCUT2D eigenvalue weighted by Gasteiger charge is -2.36. The summed E-state index contributed by atoms with van der Waals surface area (Å²) < 4.78 is 5.79. The van der Waals surface area contributed by atoms with Gasteiger partial charge in [-0.05, 0) is 43.1 Å². The molecule has 0 saturated carbocycles. The van der Waals surface area contributed by atoms with E-state index in [9.17, 15) is 0 Å². The fraction of sp³-hybridized carbons (Fsp3) is 0.632. The smallest absolute Gasteiger partial charge is 0.191 e. The number of guanidine groups is 1. The van der Waals surface area contributed by atoms with Gasteiger partial charge in [0.2, 0.25) is 0 Å². The van der Waals surface area contributed by atoms with E-state index in [1.807, 2.05) is 18.8 Å². The molecule has 3 rings (SSSR count). The number of nitrogens with one attached hydrogen (secondary N) is 2. The maximum atomic E-state index is 5.52. The molecule has 1 saturated heterocycles. The summed E-state index contributed by atoms with van der Waals surface area (Å²) in [5.74, 6) is 1.51. The molecule has 2 aliphatic rings. The highest BCUT2D eigenvalue weighted by Crippen LogP contribution is 2.33. The Kier molecular flexibility index (Phi) is 8.35. The van der Waals surface area contributed by atoms with Gasteiger partial charge in [0.15, 0.2) is 5.96 Å². The summed E-state index contributed by atoms with van der Waals surface area (Å²) in [6, 6.07) is 8.83. The summed E-state index contributed by atoms with van der Waals surface area (Å²) in [4.78, 5) is 4.41. The lowest BCUT2D eigenvalue weighted by molar-refractivity contribution is 0.0783. The van der Waals surface area contributed by atoms with Gasteiger partial charge in [-0.2, -0.15) is 11.8 Å². The van der Waals surface area contributed by atoms with Gasteiger partial charge in [-0.1, -0.05) is 24.3 Å². The topological polar surface area (TPSA) is 45.7 Å². The van der Waals surface area contributed by atoms with Crippen molar-refractivity contribution in [1.29, 1.82) is 0 Å². The van der Waals surface area contributed by atoms with Crippen molar-refractivity contribution < 1.29 is 4.74 Å². The van der Waals surface area contributed by atoms with Gasteiger partial charge < -0.3 is 15.4 Å². The molecule has 1 heterocycles. The van der Waals surface area contributed by atoms with Gasteiger partial charge in [-0.15, -0.1) is 24.0 Å². The van der Waals surface area contributed by atoms with Crippen molar-refractivity contribution in [3.05, 3.63) is 35.4 Å². The molecule has 0 radical (unpaired) electrons. The number of hydrogen-bond acceptors (Lipinski definition) is 3. The normalized spacial score (nSPS) is 22.0. The van der Waals surface area contributed by atoms with E-state index in [1.165, 1.54) is 24.0 Å². The maximum absolute atomic E-state index is 5.52. The van der Waals surface area contributed by atoms with Crippen LogP contribution in [0.3, 0.4) is 0 Å². The van der Waals surface area contributed by atoms with Crippen LogP contribution in [0, 0.1) is 0 Å². The molecular weight excluding hydrogens is 445 g/mol. The average molecular weight is 475 g/mol. The van der Waals surface area contributed by atoms with Crippen molar-refractivity contribution in [2.24, 2.45) is 4.99 Å². The van der Waals surface area contributed by atoms with Crippen LogP contribution in [0.4, 0.5) is 0 Å². The standard InChI is InChI=1S/C19H29N3OS.HI/c1-20-18(22-14-19(24-2)9-11-23-12-10-19)21-13-16-8-7-15-5-3-4-6-17(15)16;/h3-6,16H,7-14H2,1-2H3,(H2,20,21,22);1H. The fourth-order valence-corrected chi connectivity index (χ4v) is 4.53. The quantitative estimate of drug-likeness (QED) is 0.389. The number of rotatable bonds is 5. The van der Waals surface area contributed by atoms with Crippen molar-refractivity contribution in [1.82, 2.24) is 10.6 Å². The second-order valence-electron chi connectivity index (χ2n) is 6.74. The summed E-state index contributed by atoms with van der Waals surface area (Å²) in [6.45, 7) is 3.63. The van der Waals surface area contributed by atoms with Crippen LogP contribution in [0.25, 0.3) is 0 Å². The second kappa shape index (κ2) is 10.0. The van der Waals surface area contributed by atoms with Gasteiger partial charge in [0.05, 0.1) is 0 Å². The van der Waals surface area contributed by atoms with Crippen molar-refractivity contribution in [2.75, 3.05) is 39.6 Å². The number of ether oxygens (including phenoxy) is 1. The molecule has 0 bridgehead atoms. The van der Waals surface area contributed by atoms with Crippen LogP contribution in [0.5, 0.6) is 0 Å². The monoisotopic (exact) mass is 475 g/mol. The SMILES string of the molecule is CN=C(NCC1CCc2ccccc21)NCC1(SC)CCOCC1.I. The fourth-order valence-electron chi connectivity index (χ4n) is 3.74. The second-order valence-corrected chi connectivity index (χ2v) is 8.01. The number of fused-ring (bicyclic) bond motifs is 1. The highest BCUT2D eigenvalue weighted by Gasteiger charge is 2.32. The molecular formula is C19H30IN3OS. The number of halogens is 1. The predicted octanol–water partition coefficient (Wildman–Crippen LogP) is 3.41. The van der Waals surface area contributed by atoms with Crippen molar-refractivity contribution in [3.8, 4) is 0 Å². The molecule has 1 aromatic rings. The van der Waals surface area contributed by atoms with Crippen molar-refractivity contribution in [2.45, 2.75) is 36.3 Å². The minimum Gasteiger partial charge on any atom is -0.381 e. The van der Waals surface area contributed by atoms with E-state index in [0.717, 1.165) is 45.1 Å². The first-order valence-corrected chi connectivity index (χ1v) is 10.1. The van der Waals surface area contributed by atoms with Crippen LogP contribution in [0.2, 0.25) is 0 Å². The van der Waals surface area contributed by atoms with Crippen LogP contribution in [-0.2, 0) is 11.2 Å². The molecule has 25 heavy (non-hydrogen) atoms. The largest absolute Gasteiger partial charge is 0.381 e. The number of benzene rings is 1. The molecule has 1 unspecified atom stereocenters. The van der Waals surface area contributed by atoms with E-state index in [-0.39, 0.29) is 28.7 Å². The van der Waals surface area contributed by atoms with E-state index in [1.54, 1.807) is 0 Å². The molecule has 0 amide bonds. The first kappa shape index (κ1) is 20.8. The number of aliphatic imine (C=N–C) groups is 1. The summed E-state index contributed by atoms with van der Waals surface area (Å²) in [7, 11) is 1.85. The predicted molar refractivity (Wildman–Crippen MR) is 119 cm³/mol. The third kappa shape index (κ3) is 5.26. The minimum absolute atomic E-state index is 0. The minimum atomic E-state index is 0. The molecule has 0 aromatic heterocycles. The Balaban J connectivity index is 0.00000225. The Morgan fingerprint density at radius 3 is 2.76 bits per heavy atom. The molecule has 1 aliphatic carbocycles. The summed E-state index contributed by atoms with van der Waals surface area (Å²) >= 11 is 1.95. The van der Waals surface area contributed by atoms with Crippen LogP contribution in [0.15, 0.2) is 29.3 Å². The highest BCUT2D eigenvalue weighted by molar-refractivity contribution is 14.0. The van der Waals surface area contributed by atoms with Gasteiger partial charge in [0.25, 0.3) is 0 Å². The Bertz CT molecular complexity index is 576. The summed E-state index contributed by atoms with van der Waals surface area (Å²) in [5.41, 5.74) is 3.02. The van der Waals surface area contributed by atoms with E-state index in [4.69, 9.17) is 4.74 Å².